The van der Waals surface area contributed by atoms with Crippen LogP contribution >= 0.6 is 0 Å². The molecule has 3 atom stereocenters. The molecule has 2 heterocycles. The van der Waals surface area contributed by atoms with Gasteiger partial charge in [-0.15, -0.1) is 0 Å². The van der Waals surface area contributed by atoms with Crippen molar-refractivity contribution in [3.63, 3.8) is 0 Å². The Morgan fingerprint density at radius 3 is 2.57 bits per heavy atom. The van der Waals surface area contributed by atoms with Crippen molar-refractivity contribution in [1.82, 2.24) is 15.1 Å². The number of fused-ring (bicyclic) bond motifs is 1. The molecule has 7 nitrogen and oxygen atoms in total. The smallest absolute Gasteiger partial charge is 0.410 e. The molecule has 9 heteroatoms. The van der Waals surface area contributed by atoms with Gasteiger partial charge in [-0.25, -0.2) is 13.6 Å². The van der Waals surface area contributed by atoms with Crippen molar-refractivity contribution < 1.29 is 23.1 Å². The number of ether oxygens (including phenoxy) is 1. The number of nitriles is 1. The summed E-state index contributed by atoms with van der Waals surface area (Å²) in [6, 6.07) is 9.60. The Bertz CT molecular complexity index is 801. The number of nitrogens with zero attached hydrogens (tertiary/aromatic N) is 3. The number of halogens is 2. The lowest BCUT2D eigenvalue weighted by Crippen LogP contribution is -2.43. The SMILES string of the molecule is N#C[C@@H]1CC(F)(F)CN1C(=O)CNC1C2CN(C(=O)Oc3ccccc3)CC21. The van der Waals surface area contributed by atoms with Gasteiger partial charge in [0.25, 0.3) is 5.92 Å². The summed E-state index contributed by atoms with van der Waals surface area (Å²) in [5, 5.41) is 12.1. The van der Waals surface area contributed by atoms with Gasteiger partial charge in [-0.05, 0) is 24.0 Å². The van der Waals surface area contributed by atoms with Gasteiger partial charge in [0.1, 0.15) is 11.8 Å². The van der Waals surface area contributed by atoms with Gasteiger partial charge in [0.05, 0.1) is 19.2 Å². The van der Waals surface area contributed by atoms with E-state index in [0.717, 1.165) is 4.90 Å². The summed E-state index contributed by atoms with van der Waals surface area (Å²) in [5.74, 6) is -2.56. The quantitative estimate of drug-likeness (QED) is 0.842. The fraction of sp³-hybridized carbons (Fsp3) is 0.526. The predicted molar refractivity (Wildman–Crippen MR) is 93.5 cm³/mol. The Balaban J connectivity index is 1.22. The number of nitrogens with one attached hydrogen (secondary N) is 1. The van der Waals surface area contributed by atoms with Crippen molar-refractivity contribution in [3.8, 4) is 11.8 Å². The van der Waals surface area contributed by atoms with Gasteiger partial charge < -0.3 is 19.9 Å². The largest absolute Gasteiger partial charge is 0.415 e. The van der Waals surface area contributed by atoms with E-state index in [1.807, 2.05) is 6.07 Å². The summed E-state index contributed by atoms with van der Waals surface area (Å²) < 4.78 is 32.2. The van der Waals surface area contributed by atoms with E-state index in [1.165, 1.54) is 0 Å². The van der Waals surface area contributed by atoms with Crippen LogP contribution in [0.2, 0.25) is 0 Å². The van der Waals surface area contributed by atoms with Crippen LogP contribution in [-0.2, 0) is 4.79 Å². The highest BCUT2D eigenvalue weighted by Crippen LogP contribution is 2.45. The van der Waals surface area contributed by atoms with Crippen LogP contribution in [0, 0.1) is 23.2 Å². The second kappa shape index (κ2) is 7.02. The maximum absolute atomic E-state index is 13.5. The third kappa shape index (κ3) is 3.64. The summed E-state index contributed by atoms with van der Waals surface area (Å²) in [6.45, 7) is 0.276. The second-order valence-corrected chi connectivity index (χ2v) is 7.55. The second-order valence-electron chi connectivity index (χ2n) is 7.55. The summed E-state index contributed by atoms with van der Waals surface area (Å²) in [4.78, 5) is 27.0. The Morgan fingerprint density at radius 2 is 1.93 bits per heavy atom. The number of carbonyl (C=O) groups excluding carboxylic acids is 2. The van der Waals surface area contributed by atoms with Crippen LogP contribution in [0.15, 0.2) is 30.3 Å². The summed E-state index contributed by atoms with van der Waals surface area (Å²) >= 11 is 0. The van der Waals surface area contributed by atoms with E-state index in [1.54, 1.807) is 35.2 Å². The number of alkyl halides is 2. The molecule has 1 saturated carbocycles. The zero-order valence-corrected chi connectivity index (χ0v) is 15.1. The topological polar surface area (TPSA) is 85.7 Å². The van der Waals surface area contributed by atoms with E-state index >= 15 is 0 Å². The molecule has 2 unspecified atom stereocenters. The van der Waals surface area contributed by atoms with Gasteiger partial charge in [-0.3, -0.25) is 4.79 Å². The fourth-order valence-corrected chi connectivity index (χ4v) is 4.13. The highest BCUT2D eigenvalue weighted by atomic mass is 19.3. The van der Waals surface area contributed by atoms with E-state index in [2.05, 4.69) is 5.32 Å². The van der Waals surface area contributed by atoms with Crippen molar-refractivity contribution in [2.75, 3.05) is 26.2 Å². The van der Waals surface area contributed by atoms with Crippen molar-refractivity contribution >= 4 is 12.0 Å². The van der Waals surface area contributed by atoms with Crippen LogP contribution < -0.4 is 10.1 Å². The number of rotatable bonds is 4. The molecule has 1 aromatic carbocycles. The molecule has 148 valence electrons. The van der Waals surface area contributed by atoms with Crippen LogP contribution in [-0.4, -0.2) is 66.0 Å². The number of likely N-dealkylation sites (tertiary alicyclic amines) is 2. The van der Waals surface area contributed by atoms with E-state index < -0.39 is 36.9 Å². The van der Waals surface area contributed by atoms with E-state index in [0.29, 0.717) is 18.8 Å². The standard InChI is InChI=1S/C19H20F2N4O3/c20-19(21)6-12(7-22)25(11-19)16(26)8-23-17-14-9-24(10-15(14)17)18(27)28-13-4-2-1-3-5-13/h1-5,12,14-15,17,23H,6,8-11H2/t12-,14?,15?,17?/m0/s1. The normalized spacial score (nSPS) is 29.9. The molecule has 2 aliphatic heterocycles. The molecule has 2 saturated heterocycles. The van der Waals surface area contributed by atoms with E-state index in [-0.39, 0.29) is 24.4 Å². The minimum Gasteiger partial charge on any atom is -0.410 e. The predicted octanol–water partition coefficient (Wildman–Crippen LogP) is 1.46. The zero-order chi connectivity index (χ0) is 19.9. The molecule has 3 aliphatic rings. The number of hydrogen-bond acceptors (Lipinski definition) is 5. The van der Waals surface area contributed by atoms with Crippen LogP contribution in [0.1, 0.15) is 6.42 Å². The van der Waals surface area contributed by atoms with E-state index in [4.69, 9.17) is 10.00 Å². The maximum Gasteiger partial charge on any atom is 0.415 e. The molecule has 4 rings (SSSR count). The maximum atomic E-state index is 13.5. The average molecular weight is 390 g/mol. The van der Waals surface area contributed by atoms with Gasteiger partial charge in [-0.2, -0.15) is 5.26 Å². The number of para-hydroxylation sites is 1. The Kier molecular flexibility index (Phi) is 4.67. The Hall–Kier alpha value is -2.73. The molecule has 2 amide bonds. The fourth-order valence-electron chi connectivity index (χ4n) is 4.13. The first kappa shape index (κ1) is 18.6. The first-order valence-electron chi connectivity index (χ1n) is 9.20. The lowest BCUT2D eigenvalue weighted by Gasteiger charge is -2.21. The molecule has 28 heavy (non-hydrogen) atoms. The lowest BCUT2D eigenvalue weighted by atomic mass is 10.2. The van der Waals surface area contributed by atoms with Crippen molar-refractivity contribution in [2.45, 2.75) is 24.4 Å². The Labute approximate surface area is 160 Å². The number of piperidine rings is 1. The molecule has 0 spiro atoms. The van der Waals surface area contributed by atoms with Crippen molar-refractivity contribution in [1.29, 1.82) is 5.26 Å². The molecule has 1 N–H and O–H groups in total. The molecule has 1 aromatic rings. The molecule has 0 bridgehead atoms. The first-order chi connectivity index (χ1) is 13.4. The van der Waals surface area contributed by atoms with Gasteiger partial charge >= 0.3 is 6.09 Å². The third-order valence-electron chi connectivity index (χ3n) is 5.63. The summed E-state index contributed by atoms with van der Waals surface area (Å²) in [6.07, 6.45) is -1.01. The summed E-state index contributed by atoms with van der Waals surface area (Å²) in [5.41, 5.74) is 0. The van der Waals surface area contributed by atoms with Gasteiger partial charge in [-0.1, -0.05) is 18.2 Å². The molecule has 0 aromatic heterocycles. The lowest BCUT2D eigenvalue weighted by molar-refractivity contribution is -0.131. The number of carbonyl (C=O) groups is 2. The average Bonchev–Trinajstić information content (AvgIpc) is 3.00. The van der Waals surface area contributed by atoms with Crippen LogP contribution in [0.5, 0.6) is 5.75 Å². The monoisotopic (exact) mass is 390 g/mol. The van der Waals surface area contributed by atoms with Crippen LogP contribution in [0.4, 0.5) is 13.6 Å². The molecule has 1 aliphatic carbocycles. The molecule has 3 fully saturated rings. The number of hydrogen-bond donors (Lipinski definition) is 1. The zero-order valence-electron chi connectivity index (χ0n) is 15.1. The Morgan fingerprint density at radius 1 is 1.25 bits per heavy atom. The van der Waals surface area contributed by atoms with Gasteiger partial charge in [0.15, 0.2) is 0 Å². The molecular weight excluding hydrogens is 370 g/mol. The third-order valence-corrected chi connectivity index (χ3v) is 5.63. The van der Waals surface area contributed by atoms with Gasteiger partial charge in [0.2, 0.25) is 5.91 Å². The highest BCUT2D eigenvalue weighted by Gasteiger charge is 2.57. The minimum atomic E-state index is -3.01. The molecular formula is C19H20F2N4O3. The van der Waals surface area contributed by atoms with Crippen molar-refractivity contribution in [2.24, 2.45) is 11.8 Å². The number of benzene rings is 1. The first-order valence-corrected chi connectivity index (χ1v) is 9.20. The summed E-state index contributed by atoms with van der Waals surface area (Å²) in [7, 11) is 0. The molecule has 0 radical (unpaired) electrons. The minimum absolute atomic E-state index is 0.0772. The highest BCUT2D eigenvalue weighted by molar-refractivity contribution is 5.79. The van der Waals surface area contributed by atoms with E-state index in [9.17, 15) is 18.4 Å². The van der Waals surface area contributed by atoms with Gasteiger partial charge in [0, 0.05) is 25.6 Å². The van der Waals surface area contributed by atoms with Crippen molar-refractivity contribution in [3.05, 3.63) is 30.3 Å². The number of amides is 2. The van der Waals surface area contributed by atoms with Crippen LogP contribution in [0.25, 0.3) is 0 Å². The van der Waals surface area contributed by atoms with Crippen LogP contribution in [0.3, 0.4) is 0 Å².